The predicted octanol–water partition coefficient (Wildman–Crippen LogP) is 0.0659. The van der Waals surface area contributed by atoms with Crippen LogP contribution in [0.2, 0.25) is 0 Å². The maximum absolute atomic E-state index is 11.9. The fourth-order valence-electron chi connectivity index (χ4n) is 2.22. The van der Waals surface area contributed by atoms with Gasteiger partial charge in [0.25, 0.3) is 5.91 Å². The molecule has 1 aliphatic rings. The highest BCUT2D eigenvalue weighted by Gasteiger charge is 2.30. The second kappa shape index (κ2) is 6.53. The normalized spacial score (nSPS) is 20.7. The average molecular weight is 342 g/mol. The first-order valence-electron chi connectivity index (χ1n) is 7.09. The van der Waals surface area contributed by atoms with Crippen molar-refractivity contribution in [3.05, 3.63) is 23.5 Å². The summed E-state index contributed by atoms with van der Waals surface area (Å²) in [7, 11) is -3.10. The van der Waals surface area contributed by atoms with Gasteiger partial charge in [0, 0.05) is 17.8 Å². The molecule has 1 aromatic rings. The second-order valence-corrected chi connectivity index (χ2v) is 7.74. The number of nitrogens with one attached hydrogen (secondary N) is 2. The van der Waals surface area contributed by atoms with Gasteiger partial charge in [-0.05, 0) is 26.3 Å². The van der Waals surface area contributed by atoms with Crippen molar-refractivity contribution in [3.63, 3.8) is 0 Å². The molecule has 0 bridgehead atoms. The summed E-state index contributed by atoms with van der Waals surface area (Å²) >= 11 is 0. The summed E-state index contributed by atoms with van der Waals surface area (Å²) in [4.78, 5) is 37.6. The van der Waals surface area contributed by atoms with Gasteiger partial charge in [-0.2, -0.15) is 0 Å². The number of esters is 1. The van der Waals surface area contributed by atoms with Crippen LogP contribution in [0.1, 0.15) is 41.1 Å². The van der Waals surface area contributed by atoms with Crippen LogP contribution in [-0.2, 0) is 19.4 Å². The van der Waals surface area contributed by atoms with Gasteiger partial charge in [-0.1, -0.05) is 0 Å². The predicted molar refractivity (Wildman–Crippen MR) is 80.9 cm³/mol. The number of sulfone groups is 1. The Labute approximate surface area is 133 Å². The topological polar surface area (TPSA) is 122 Å². The molecule has 1 aromatic heterocycles. The molecule has 1 fully saturated rings. The molecule has 0 aliphatic carbocycles. The number of hydrogen-bond donors (Lipinski definition) is 2. The maximum atomic E-state index is 11.9. The number of H-pyrrole nitrogens is 1. The van der Waals surface area contributed by atoms with Crippen molar-refractivity contribution in [2.24, 2.45) is 0 Å². The van der Waals surface area contributed by atoms with Crippen LogP contribution in [0.4, 0.5) is 0 Å². The third kappa shape index (κ3) is 4.41. The average Bonchev–Trinajstić information content (AvgIpc) is 3.05. The standard InChI is InChI=1S/C14H18N2O6S/c1-8(17)10-5-12(15-6-10)14(19)22-9(2)13(18)16-11-3-4-23(20,21)7-11/h5-6,9,11,15H,3-4,7H2,1-2H3,(H,16,18)/t9-,11+/m0/s1. The van der Waals surface area contributed by atoms with Crippen molar-refractivity contribution < 1.29 is 27.5 Å². The Bertz CT molecular complexity index is 736. The van der Waals surface area contributed by atoms with Crippen LogP contribution in [0.15, 0.2) is 12.3 Å². The van der Waals surface area contributed by atoms with Crippen molar-refractivity contribution in [2.45, 2.75) is 32.4 Å². The minimum atomic E-state index is -3.10. The number of aromatic amines is 1. The summed E-state index contributed by atoms with van der Waals surface area (Å²) in [5.74, 6) is -1.58. The Morgan fingerprint density at radius 3 is 2.61 bits per heavy atom. The molecule has 2 heterocycles. The molecule has 0 unspecified atom stereocenters. The Morgan fingerprint density at radius 1 is 1.39 bits per heavy atom. The molecule has 0 aromatic carbocycles. The zero-order chi connectivity index (χ0) is 17.2. The molecule has 2 rings (SSSR count). The van der Waals surface area contributed by atoms with Crippen LogP contribution in [0, 0.1) is 0 Å². The van der Waals surface area contributed by atoms with Crippen LogP contribution in [0.25, 0.3) is 0 Å². The van der Waals surface area contributed by atoms with Gasteiger partial charge in [-0.3, -0.25) is 9.59 Å². The van der Waals surface area contributed by atoms with E-state index in [0.29, 0.717) is 12.0 Å². The zero-order valence-electron chi connectivity index (χ0n) is 12.8. The van der Waals surface area contributed by atoms with Gasteiger partial charge < -0.3 is 15.0 Å². The van der Waals surface area contributed by atoms with E-state index in [1.54, 1.807) is 0 Å². The third-order valence-corrected chi connectivity index (χ3v) is 5.31. The molecule has 0 radical (unpaired) electrons. The highest BCUT2D eigenvalue weighted by Crippen LogP contribution is 2.12. The second-order valence-electron chi connectivity index (χ2n) is 5.51. The van der Waals surface area contributed by atoms with Crippen LogP contribution in [0.3, 0.4) is 0 Å². The molecule has 2 atom stereocenters. The molecule has 0 saturated carbocycles. The van der Waals surface area contributed by atoms with Crippen LogP contribution < -0.4 is 5.32 Å². The fraction of sp³-hybridized carbons (Fsp3) is 0.500. The van der Waals surface area contributed by atoms with E-state index in [9.17, 15) is 22.8 Å². The minimum Gasteiger partial charge on any atom is -0.448 e. The lowest BCUT2D eigenvalue weighted by molar-refractivity contribution is -0.129. The first-order chi connectivity index (χ1) is 10.7. The summed E-state index contributed by atoms with van der Waals surface area (Å²) in [6.07, 6.45) is 0.662. The molecule has 1 aliphatic heterocycles. The highest BCUT2D eigenvalue weighted by atomic mass is 32.2. The van der Waals surface area contributed by atoms with Crippen molar-refractivity contribution in [3.8, 4) is 0 Å². The van der Waals surface area contributed by atoms with Crippen LogP contribution >= 0.6 is 0 Å². The molecule has 1 saturated heterocycles. The van der Waals surface area contributed by atoms with Crippen molar-refractivity contribution in [1.29, 1.82) is 0 Å². The highest BCUT2D eigenvalue weighted by molar-refractivity contribution is 7.91. The van der Waals surface area contributed by atoms with E-state index in [1.165, 1.54) is 26.1 Å². The lowest BCUT2D eigenvalue weighted by atomic mass is 10.2. The van der Waals surface area contributed by atoms with Crippen LogP contribution in [0.5, 0.6) is 0 Å². The number of aromatic nitrogens is 1. The van der Waals surface area contributed by atoms with Crippen LogP contribution in [-0.4, -0.2) is 54.7 Å². The van der Waals surface area contributed by atoms with Gasteiger partial charge in [-0.15, -0.1) is 0 Å². The molecule has 8 nitrogen and oxygen atoms in total. The number of ketones is 1. The Morgan fingerprint density at radius 2 is 2.09 bits per heavy atom. The molecule has 1 amide bonds. The molecular formula is C14H18N2O6S. The summed E-state index contributed by atoms with van der Waals surface area (Å²) < 4.78 is 27.7. The Balaban J connectivity index is 1.90. The fourth-order valence-corrected chi connectivity index (χ4v) is 3.89. The molecule has 9 heteroatoms. The van der Waals surface area contributed by atoms with Gasteiger partial charge in [0.05, 0.1) is 11.5 Å². The van der Waals surface area contributed by atoms with E-state index in [2.05, 4.69) is 10.3 Å². The van der Waals surface area contributed by atoms with E-state index >= 15 is 0 Å². The van der Waals surface area contributed by atoms with E-state index in [-0.39, 0.29) is 23.0 Å². The van der Waals surface area contributed by atoms with E-state index in [1.807, 2.05) is 0 Å². The number of carbonyl (C=O) groups excluding carboxylic acids is 3. The molecule has 2 N–H and O–H groups in total. The van der Waals surface area contributed by atoms with E-state index < -0.39 is 33.9 Å². The number of amides is 1. The monoisotopic (exact) mass is 342 g/mol. The van der Waals surface area contributed by atoms with Crippen molar-refractivity contribution >= 4 is 27.5 Å². The minimum absolute atomic E-state index is 0.0441. The first kappa shape index (κ1) is 17.2. The molecule has 23 heavy (non-hydrogen) atoms. The number of rotatable bonds is 5. The number of Topliss-reactive ketones (excluding diaryl/α,β-unsaturated/α-hetero) is 1. The third-order valence-electron chi connectivity index (χ3n) is 3.54. The van der Waals surface area contributed by atoms with Gasteiger partial charge in [0.2, 0.25) is 0 Å². The molecule has 0 spiro atoms. The lowest BCUT2D eigenvalue weighted by Gasteiger charge is -2.16. The maximum Gasteiger partial charge on any atom is 0.355 e. The SMILES string of the molecule is CC(=O)c1c[nH]c(C(=O)O[C@@H](C)C(=O)N[C@@H]2CCS(=O)(=O)C2)c1. The summed E-state index contributed by atoms with van der Waals surface area (Å²) in [5.41, 5.74) is 0.406. The van der Waals surface area contributed by atoms with Gasteiger partial charge >= 0.3 is 5.97 Å². The molecular weight excluding hydrogens is 324 g/mol. The first-order valence-corrected chi connectivity index (χ1v) is 8.91. The lowest BCUT2D eigenvalue weighted by Crippen LogP contribution is -2.42. The molecule has 126 valence electrons. The summed E-state index contributed by atoms with van der Waals surface area (Å²) in [5, 5.41) is 2.55. The Hall–Kier alpha value is -2.16. The van der Waals surface area contributed by atoms with Gasteiger partial charge in [0.15, 0.2) is 21.7 Å². The smallest absolute Gasteiger partial charge is 0.355 e. The zero-order valence-corrected chi connectivity index (χ0v) is 13.6. The van der Waals surface area contributed by atoms with Gasteiger partial charge in [-0.25, -0.2) is 13.2 Å². The van der Waals surface area contributed by atoms with E-state index in [4.69, 9.17) is 4.74 Å². The number of carbonyl (C=O) groups is 3. The van der Waals surface area contributed by atoms with Gasteiger partial charge in [0.1, 0.15) is 5.69 Å². The number of hydrogen-bond acceptors (Lipinski definition) is 6. The number of ether oxygens (including phenoxy) is 1. The summed E-state index contributed by atoms with van der Waals surface area (Å²) in [6, 6.07) is 0.891. The summed E-state index contributed by atoms with van der Waals surface area (Å²) in [6.45, 7) is 2.76. The van der Waals surface area contributed by atoms with Crippen molar-refractivity contribution in [2.75, 3.05) is 11.5 Å². The van der Waals surface area contributed by atoms with Crippen molar-refractivity contribution in [1.82, 2.24) is 10.3 Å². The quantitative estimate of drug-likeness (QED) is 0.576. The largest absolute Gasteiger partial charge is 0.448 e. The Kier molecular flexibility index (Phi) is 4.88. The van der Waals surface area contributed by atoms with E-state index in [0.717, 1.165) is 0 Å².